The first-order valence-corrected chi connectivity index (χ1v) is 9.05. The Morgan fingerprint density at radius 3 is 2.63 bits per heavy atom. The number of aryl methyl sites for hydroxylation is 1. The molecule has 0 radical (unpaired) electrons. The summed E-state index contributed by atoms with van der Waals surface area (Å²) in [4.78, 5) is 20.9. The van der Waals surface area contributed by atoms with Gasteiger partial charge in [0.2, 0.25) is 0 Å². The van der Waals surface area contributed by atoms with Gasteiger partial charge in [-0.2, -0.15) is 0 Å². The van der Waals surface area contributed by atoms with Gasteiger partial charge in [-0.05, 0) is 37.1 Å². The van der Waals surface area contributed by atoms with Gasteiger partial charge in [0.25, 0.3) is 5.91 Å². The average Bonchev–Trinajstić information content (AvgIpc) is 2.66. The summed E-state index contributed by atoms with van der Waals surface area (Å²) in [6.45, 7) is 6.85. The van der Waals surface area contributed by atoms with E-state index in [0.717, 1.165) is 16.9 Å². The molecule has 5 nitrogen and oxygen atoms in total. The lowest BCUT2D eigenvalue weighted by atomic mass is 10.1. The minimum absolute atomic E-state index is 0.0736. The zero-order chi connectivity index (χ0) is 19.2. The van der Waals surface area contributed by atoms with Crippen LogP contribution in [-0.2, 0) is 0 Å². The Morgan fingerprint density at radius 2 is 1.85 bits per heavy atom. The molecular formula is C22H24N4O. The van der Waals surface area contributed by atoms with Crippen LogP contribution in [0.15, 0.2) is 60.9 Å². The van der Waals surface area contributed by atoms with Crippen molar-refractivity contribution < 1.29 is 4.79 Å². The number of carbonyl (C=O) groups excluding carboxylic acids is 1. The fraction of sp³-hybridized carbons (Fsp3) is 0.227. The van der Waals surface area contributed by atoms with E-state index in [1.165, 1.54) is 5.56 Å². The first kappa shape index (κ1) is 18.6. The molecule has 2 N–H and O–H groups in total. The van der Waals surface area contributed by atoms with E-state index in [-0.39, 0.29) is 5.91 Å². The summed E-state index contributed by atoms with van der Waals surface area (Å²) in [5.41, 5.74) is 4.50. The number of hydrogen-bond acceptors (Lipinski definition) is 4. The number of nitrogens with zero attached hydrogens (tertiary/aromatic N) is 2. The maximum Gasteiger partial charge on any atom is 0.251 e. The van der Waals surface area contributed by atoms with Crippen LogP contribution in [0.2, 0.25) is 0 Å². The third-order valence-electron chi connectivity index (χ3n) is 4.05. The monoisotopic (exact) mass is 360 g/mol. The molecule has 2 aromatic carbocycles. The molecule has 0 bridgehead atoms. The van der Waals surface area contributed by atoms with Crippen LogP contribution in [0.4, 0.5) is 11.5 Å². The number of nitrogens with one attached hydrogen (secondary N) is 2. The van der Waals surface area contributed by atoms with Gasteiger partial charge < -0.3 is 10.6 Å². The molecule has 27 heavy (non-hydrogen) atoms. The number of anilines is 2. The van der Waals surface area contributed by atoms with Crippen LogP contribution in [0.5, 0.6) is 0 Å². The summed E-state index contributed by atoms with van der Waals surface area (Å²) in [5, 5.41) is 6.19. The van der Waals surface area contributed by atoms with E-state index in [1.807, 2.05) is 36.4 Å². The smallest absolute Gasteiger partial charge is 0.251 e. The summed E-state index contributed by atoms with van der Waals surface area (Å²) in [6.07, 6.45) is 1.54. The van der Waals surface area contributed by atoms with Crippen molar-refractivity contribution in [2.24, 2.45) is 5.92 Å². The first-order chi connectivity index (χ1) is 13.0. The van der Waals surface area contributed by atoms with Gasteiger partial charge >= 0.3 is 0 Å². The van der Waals surface area contributed by atoms with Gasteiger partial charge in [-0.1, -0.05) is 43.7 Å². The maximum atomic E-state index is 12.3. The van der Waals surface area contributed by atoms with E-state index < -0.39 is 0 Å². The van der Waals surface area contributed by atoms with Gasteiger partial charge in [-0.25, -0.2) is 9.97 Å². The molecule has 5 heteroatoms. The predicted molar refractivity (Wildman–Crippen MR) is 109 cm³/mol. The molecule has 0 saturated heterocycles. The van der Waals surface area contributed by atoms with E-state index in [4.69, 9.17) is 0 Å². The summed E-state index contributed by atoms with van der Waals surface area (Å²) < 4.78 is 0. The van der Waals surface area contributed by atoms with Crippen LogP contribution in [-0.4, -0.2) is 22.4 Å². The Kier molecular flexibility index (Phi) is 5.81. The highest BCUT2D eigenvalue weighted by Gasteiger charge is 2.08. The fourth-order valence-electron chi connectivity index (χ4n) is 2.67. The summed E-state index contributed by atoms with van der Waals surface area (Å²) in [6, 6.07) is 17.5. The highest BCUT2D eigenvalue weighted by molar-refractivity contribution is 5.95. The largest absolute Gasteiger partial charge is 0.352 e. The van der Waals surface area contributed by atoms with Crippen molar-refractivity contribution in [3.8, 4) is 11.3 Å². The Hall–Kier alpha value is -3.21. The summed E-state index contributed by atoms with van der Waals surface area (Å²) in [7, 11) is 0. The van der Waals surface area contributed by atoms with Gasteiger partial charge in [0.05, 0.1) is 5.69 Å². The molecule has 0 fully saturated rings. The minimum Gasteiger partial charge on any atom is -0.352 e. The number of amides is 1. The normalized spacial score (nSPS) is 10.7. The minimum atomic E-state index is -0.0736. The Bertz CT molecular complexity index is 937. The SMILES string of the molecule is Cc1cccc(-c2cc(Nc3cccc(C(=O)NCC(C)C)c3)ncn2)c1. The Labute approximate surface area is 159 Å². The average molecular weight is 360 g/mol. The molecule has 0 atom stereocenters. The lowest BCUT2D eigenvalue weighted by molar-refractivity contribution is 0.0949. The maximum absolute atomic E-state index is 12.3. The predicted octanol–water partition coefficient (Wildman–Crippen LogP) is 4.58. The van der Waals surface area contributed by atoms with E-state index in [1.54, 1.807) is 12.4 Å². The second-order valence-corrected chi connectivity index (χ2v) is 6.97. The lowest BCUT2D eigenvalue weighted by Crippen LogP contribution is -2.27. The second kappa shape index (κ2) is 8.45. The highest BCUT2D eigenvalue weighted by atomic mass is 16.1. The fourth-order valence-corrected chi connectivity index (χ4v) is 2.67. The summed E-state index contributed by atoms with van der Waals surface area (Å²) >= 11 is 0. The molecule has 0 aliphatic carbocycles. The van der Waals surface area contributed by atoms with Crippen LogP contribution in [0, 0.1) is 12.8 Å². The van der Waals surface area contributed by atoms with Gasteiger partial charge in [0, 0.05) is 29.4 Å². The number of carbonyl (C=O) groups is 1. The van der Waals surface area contributed by atoms with E-state index in [0.29, 0.717) is 23.8 Å². The Morgan fingerprint density at radius 1 is 1.04 bits per heavy atom. The summed E-state index contributed by atoms with van der Waals surface area (Å²) in [5.74, 6) is 1.02. The van der Waals surface area contributed by atoms with Gasteiger partial charge in [-0.3, -0.25) is 4.79 Å². The van der Waals surface area contributed by atoms with Crippen molar-refractivity contribution in [3.05, 3.63) is 72.1 Å². The van der Waals surface area contributed by atoms with Gasteiger partial charge in [-0.15, -0.1) is 0 Å². The molecule has 1 heterocycles. The molecule has 0 aliphatic heterocycles. The second-order valence-electron chi connectivity index (χ2n) is 6.97. The van der Waals surface area contributed by atoms with Crippen molar-refractivity contribution in [3.63, 3.8) is 0 Å². The molecule has 0 unspecified atom stereocenters. The van der Waals surface area contributed by atoms with Crippen molar-refractivity contribution in [2.45, 2.75) is 20.8 Å². The van der Waals surface area contributed by atoms with Crippen LogP contribution in [0.25, 0.3) is 11.3 Å². The van der Waals surface area contributed by atoms with Crippen LogP contribution in [0.1, 0.15) is 29.8 Å². The Balaban J connectivity index is 1.77. The molecule has 0 saturated carbocycles. The standard InChI is InChI=1S/C22H24N4O/c1-15(2)13-23-22(27)18-8-5-9-19(11-18)26-21-12-20(24-14-25-21)17-7-4-6-16(3)10-17/h4-12,14-15H,13H2,1-3H3,(H,23,27)(H,24,25,26). The van der Waals surface area contributed by atoms with Crippen molar-refractivity contribution in [2.75, 3.05) is 11.9 Å². The zero-order valence-corrected chi connectivity index (χ0v) is 15.9. The van der Waals surface area contributed by atoms with Gasteiger partial charge in [0.15, 0.2) is 0 Å². The molecule has 0 aliphatic rings. The van der Waals surface area contributed by atoms with Crippen LogP contribution < -0.4 is 10.6 Å². The molecule has 1 amide bonds. The first-order valence-electron chi connectivity index (χ1n) is 9.05. The molecule has 0 spiro atoms. The van der Waals surface area contributed by atoms with Crippen molar-refractivity contribution in [1.29, 1.82) is 0 Å². The molecule has 3 rings (SSSR count). The third-order valence-corrected chi connectivity index (χ3v) is 4.05. The molecule has 1 aromatic heterocycles. The van der Waals surface area contributed by atoms with E-state index in [9.17, 15) is 4.79 Å². The highest BCUT2D eigenvalue weighted by Crippen LogP contribution is 2.22. The zero-order valence-electron chi connectivity index (χ0n) is 15.9. The molecule has 138 valence electrons. The molecular weight excluding hydrogens is 336 g/mol. The van der Waals surface area contributed by atoms with Crippen molar-refractivity contribution >= 4 is 17.4 Å². The number of benzene rings is 2. The quantitative estimate of drug-likeness (QED) is 0.675. The van der Waals surface area contributed by atoms with Crippen LogP contribution >= 0.6 is 0 Å². The topological polar surface area (TPSA) is 66.9 Å². The lowest BCUT2D eigenvalue weighted by Gasteiger charge is -2.10. The van der Waals surface area contributed by atoms with E-state index in [2.05, 4.69) is 53.5 Å². The van der Waals surface area contributed by atoms with E-state index >= 15 is 0 Å². The van der Waals surface area contributed by atoms with Crippen molar-refractivity contribution in [1.82, 2.24) is 15.3 Å². The number of rotatable bonds is 6. The number of hydrogen-bond donors (Lipinski definition) is 2. The van der Waals surface area contributed by atoms with Crippen LogP contribution in [0.3, 0.4) is 0 Å². The third kappa shape index (κ3) is 5.14. The molecule has 3 aromatic rings. The van der Waals surface area contributed by atoms with Gasteiger partial charge in [0.1, 0.15) is 12.1 Å². The number of aromatic nitrogens is 2.